The van der Waals surface area contributed by atoms with Gasteiger partial charge in [0.1, 0.15) is 5.75 Å². The number of carbonyl (C=O) groups is 2. The number of fused-ring (bicyclic) bond motifs is 1. The molecule has 3 rings (SSSR count). The van der Waals surface area contributed by atoms with Crippen LogP contribution in [0.15, 0.2) is 18.2 Å². The van der Waals surface area contributed by atoms with Gasteiger partial charge in [-0.1, -0.05) is 26.0 Å². The third kappa shape index (κ3) is 3.49. The number of carbonyl (C=O) groups excluding carboxylic acids is 1. The Morgan fingerprint density at radius 3 is 2.56 bits per heavy atom. The summed E-state index contributed by atoms with van der Waals surface area (Å²) in [5.41, 5.74) is 1.65. The van der Waals surface area contributed by atoms with E-state index >= 15 is 0 Å². The summed E-state index contributed by atoms with van der Waals surface area (Å²) in [6, 6.07) is 5.78. The minimum Gasteiger partial charge on any atom is -0.492 e. The molecule has 2 aliphatic heterocycles. The Labute approximate surface area is 148 Å². The molecular weight excluding hydrogens is 320 g/mol. The number of hydrogen-bond acceptors (Lipinski definition) is 4. The molecule has 1 aromatic carbocycles. The van der Waals surface area contributed by atoms with Crippen LogP contribution in [0.4, 0.5) is 0 Å². The Morgan fingerprint density at radius 1 is 1.24 bits per heavy atom. The maximum absolute atomic E-state index is 13.0. The predicted molar refractivity (Wildman–Crippen MR) is 94.2 cm³/mol. The van der Waals surface area contributed by atoms with Crippen LogP contribution in [0.3, 0.4) is 0 Å². The molecule has 0 radical (unpaired) electrons. The number of nitrogens with zero attached hydrogens (tertiary/aromatic N) is 2. The first-order valence-electron chi connectivity index (χ1n) is 8.81. The summed E-state index contributed by atoms with van der Waals surface area (Å²) in [5.74, 6) is -0.0649. The molecule has 1 atom stereocenters. The van der Waals surface area contributed by atoms with Gasteiger partial charge in [-0.3, -0.25) is 14.5 Å². The lowest BCUT2D eigenvalue weighted by Crippen LogP contribution is -2.51. The molecule has 1 unspecified atom stereocenters. The second-order valence-electron chi connectivity index (χ2n) is 7.63. The molecule has 1 N–H and O–H groups in total. The van der Waals surface area contributed by atoms with Gasteiger partial charge in [-0.25, -0.2) is 0 Å². The average molecular weight is 346 g/mol. The smallest absolute Gasteiger partial charge is 0.304 e. The van der Waals surface area contributed by atoms with Crippen molar-refractivity contribution in [1.82, 2.24) is 9.80 Å². The summed E-state index contributed by atoms with van der Waals surface area (Å²) in [5, 5.41) is 8.93. The number of carboxylic acid groups (broad SMARTS) is 1. The summed E-state index contributed by atoms with van der Waals surface area (Å²) >= 11 is 0. The molecule has 1 amide bonds. The molecule has 6 heteroatoms. The van der Waals surface area contributed by atoms with Gasteiger partial charge in [-0.15, -0.1) is 0 Å². The van der Waals surface area contributed by atoms with Crippen LogP contribution >= 0.6 is 0 Å². The summed E-state index contributed by atoms with van der Waals surface area (Å²) in [7, 11) is 0. The van der Waals surface area contributed by atoms with E-state index in [2.05, 4.69) is 18.7 Å². The number of para-hydroxylation sites is 1. The highest BCUT2D eigenvalue weighted by molar-refractivity contribution is 5.97. The van der Waals surface area contributed by atoms with Crippen molar-refractivity contribution in [2.45, 2.75) is 38.6 Å². The second kappa shape index (κ2) is 6.67. The number of hydrogen-bond donors (Lipinski definition) is 1. The average Bonchev–Trinajstić information content (AvgIpc) is 2.89. The standard InChI is InChI=1S/C19H26N2O4/c1-13(11-16(22)23)20-7-9-21(10-8-20)18(24)14-5-4-6-15-17(14)25-12-19(15,2)3/h4-6,13H,7-12H2,1-3H3,(H,22,23). The fraction of sp³-hybridized carbons (Fsp3) is 0.579. The number of aliphatic carboxylic acids is 1. The van der Waals surface area contributed by atoms with E-state index in [4.69, 9.17) is 9.84 Å². The van der Waals surface area contributed by atoms with E-state index in [0.717, 1.165) is 11.3 Å². The molecule has 2 aliphatic rings. The quantitative estimate of drug-likeness (QED) is 0.903. The summed E-state index contributed by atoms with van der Waals surface area (Å²) in [6.07, 6.45) is 0.128. The van der Waals surface area contributed by atoms with Crippen LogP contribution in [0.1, 0.15) is 43.1 Å². The molecular formula is C19H26N2O4. The first-order valence-corrected chi connectivity index (χ1v) is 8.81. The van der Waals surface area contributed by atoms with Gasteiger partial charge >= 0.3 is 5.97 Å². The Morgan fingerprint density at radius 2 is 1.92 bits per heavy atom. The van der Waals surface area contributed by atoms with Gasteiger partial charge in [0, 0.05) is 43.2 Å². The minimum absolute atomic E-state index is 0.0000811. The number of carboxylic acids is 1. The number of piperazine rings is 1. The second-order valence-corrected chi connectivity index (χ2v) is 7.63. The SMILES string of the molecule is CC(CC(=O)O)N1CCN(C(=O)c2cccc3c2OCC3(C)C)CC1. The van der Waals surface area contributed by atoms with Gasteiger partial charge in [0.05, 0.1) is 18.6 Å². The molecule has 2 heterocycles. The lowest BCUT2D eigenvalue weighted by Gasteiger charge is -2.37. The molecule has 6 nitrogen and oxygen atoms in total. The largest absolute Gasteiger partial charge is 0.492 e. The van der Waals surface area contributed by atoms with Gasteiger partial charge in [-0.2, -0.15) is 0 Å². The van der Waals surface area contributed by atoms with E-state index in [1.807, 2.05) is 30.0 Å². The van der Waals surface area contributed by atoms with Crippen molar-refractivity contribution in [3.05, 3.63) is 29.3 Å². The highest BCUT2D eigenvalue weighted by Gasteiger charge is 2.36. The van der Waals surface area contributed by atoms with E-state index in [1.165, 1.54) is 0 Å². The van der Waals surface area contributed by atoms with Crippen molar-refractivity contribution in [3.63, 3.8) is 0 Å². The van der Waals surface area contributed by atoms with E-state index in [-0.39, 0.29) is 23.8 Å². The zero-order valence-corrected chi connectivity index (χ0v) is 15.1. The van der Waals surface area contributed by atoms with Gasteiger partial charge < -0.3 is 14.7 Å². The van der Waals surface area contributed by atoms with Crippen molar-refractivity contribution in [3.8, 4) is 5.75 Å². The van der Waals surface area contributed by atoms with Crippen LogP contribution in [0.5, 0.6) is 5.75 Å². The highest BCUT2D eigenvalue weighted by Crippen LogP contribution is 2.40. The van der Waals surface area contributed by atoms with E-state index in [0.29, 0.717) is 38.3 Å². The molecule has 1 fully saturated rings. The van der Waals surface area contributed by atoms with Crippen molar-refractivity contribution in [1.29, 1.82) is 0 Å². The molecule has 0 saturated carbocycles. The predicted octanol–water partition coefficient (Wildman–Crippen LogP) is 1.98. The van der Waals surface area contributed by atoms with E-state index < -0.39 is 5.97 Å². The van der Waals surface area contributed by atoms with Crippen LogP contribution in [0.2, 0.25) is 0 Å². The van der Waals surface area contributed by atoms with Crippen molar-refractivity contribution >= 4 is 11.9 Å². The first kappa shape index (κ1) is 17.7. The maximum atomic E-state index is 13.0. The molecule has 0 aromatic heterocycles. The highest BCUT2D eigenvalue weighted by atomic mass is 16.5. The van der Waals surface area contributed by atoms with Gasteiger partial charge in [0.25, 0.3) is 5.91 Å². The molecule has 25 heavy (non-hydrogen) atoms. The zero-order chi connectivity index (χ0) is 18.2. The summed E-state index contributed by atoms with van der Waals surface area (Å²) in [6.45, 7) is 9.36. The molecule has 1 saturated heterocycles. The van der Waals surface area contributed by atoms with Crippen molar-refractivity contribution in [2.24, 2.45) is 0 Å². The minimum atomic E-state index is -0.786. The normalized spacial score (nSPS) is 20.7. The topological polar surface area (TPSA) is 70.1 Å². The van der Waals surface area contributed by atoms with Crippen LogP contribution < -0.4 is 4.74 Å². The van der Waals surface area contributed by atoms with E-state index in [1.54, 1.807) is 0 Å². The fourth-order valence-electron chi connectivity index (χ4n) is 3.64. The lowest BCUT2D eigenvalue weighted by atomic mass is 9.86. The van der Waals surface area contributed by atoms with Crippen LogP contribution in [0.25, 0.3) is 0 Å². The summed E-state index contributed by atoms with van der Waals surface area (Å²) in [4.78, 5) is 27.8. The molecule has 0 spiro atoms. The number of rotatable bonds is 4. The molecule has 136 valence electrons. The molecule has 0 aliphatic carbocycles. The fourth-order valence-corrected chi connectivity index (χ4v) is 3.64. The Kier molecular flexibility index (Phi) is 4.73. The Hall–Kier alpha value is -2.08. The van der Waals surface area contributed by atoms with Gasteiger partial charge in [0.15, 0.2) is 0 Å². The number of benzene rings is 1. The van der Waals surface area contributed by atoms with Crippen LogP contribution in [0, 0.1) is 0 Å². The molecule has 1 aromatic rings. The monoisotopic (exact) mass is 346 g/mol. The third-order valence-corrected chi connectivity index (χ3v) is 5.25. The Bertz CT molecular complexity index is 678. The first-order chi connectivity index (χ1) is 11.8. The van der Waals surface area contributed by atoms with Gasteiger partial charge in [0.2, 0.25) is 0 Å². The van der Waals surface area contributed by atoms with Gasteiger partial charge in [-0.05, 0) is 13.0 Å². The Balaban J connectivity index is 1.68. The zero-order valence-electron chi connectivity index (χ0n) is 15.1. The van der Waals surface area contributed by atoms with Crippen molar-refractivity contribution < 1.29 is 19.4 Å². The third-order valence-electron chi connectivity index (χ3n) is 5.25. The van der Waals surface area contributed by atoms with Crippen molar-refractivity contribution in [2.75, 3.05) is 32.8 Å². The number of ether oxygens (including phenoxy) is 1. The lowest BCUT2D eigenvalue weighted by molar-refractivity contribution is -0.138. The maximum Gasteiger partial charge on any atom is 0.304 e. The summed E-state index contributed by atoms with van der Waals surface area (Å²) < 4.78 is 5.84. The molecule has 0 bridgehead atoms. The van der Waals surface area contributed by atoms with Crippen LogP contribution in [-0.4, -0.2) is 65.6 Å². The van der Waals surface area contributed by atoms with E-state index in [9.17, 15) is 9.59 Å². The number of amides is 1. The van der Waals surface area contributed by atoms with Crippen LogP contribution in [-0.2, 0) is 10.2 Å².